The lowest BCUT2D eigenvalue weighted by Crippen LogP contribution is -2.16. The fraction of sp³-hybridized carbons (Fsp3) is 0.138. The summed E-state index contributed by atoms with van der Waals surface area (Å²) in [5, 5.41) is 15.5. The number of nitriles is 1. The standard InChI is InChI=1S/C29H24N4O3/c1-3-35-23-12-13-27-22(14-23)15-28(36-27)29(34)32-31-17-25-19(2)33(26-11-7-6-10-24(25)26)18-21-9-5-4-8-20(21)16-30/h4-15,17H,3,18H2,1-2H3,(H,32,34)/b31-17+. The van der Waals surface area contributed by atoms with E-state index in [2.05, 4.69) is 21.2 Å². The molecule has 2 aromatic heterocycles. The van der Waals surface area contributed by atoms with Crippen LogP contribution in [0.1, 0.15) is 39.9 Å². The molecule has 0 aliphatic carbocycles. The average Bonchev–Trinajstić information content (AvgIpc) is 3.44. The maximum atomic E-state index is 12.7. The van der Waals surface area contributed by atoms with Gasteiger partial charge in [-0.2, -0.15) is 10.4 Å². The van der Waals surface area contributed by atoms with Gasteiger partial charge in [-0.05, 0) is 55.8 Å². The van der Waals surface area contributed by atoms with Crippen molar-refractivity contribution in [2.75, 3.05) is 6.61 Å². The lowest BCUT2D eigenvalue weighted by molar-refractivity contribution is 0.0929. The van der Waals surface area contributed by atoms with Gasteiger partial charge in [0.15, 0.2) is 5.76 Å². The SMILES string of the molecule is CCOc1ccc2oc(C(=O)N/N=C/c3c(C)n(Cc4ccccc4C#N)c4ccccc34)cc2c1. The van der Waals surface area contributed by atoms with Gasteiger partial charge in [0, 0.05) is 34.1 Å². The minimum absolute atomic E-state index is 0.169. The number of hydrogen-bond donors (Lipinski definition) is 1. The summed E-state index contributed by atoms with van der Waals surface area (Å²) in [5.74, 6) is 0.452. The van der Waals surface area contributed by atoms with Gasteiger partial charge in [-0.3, -0.25) is 4.79 Å². The normalized spacial score (nSPS) is 11.2. The Morgan fingerprint density at radius 2 is 1.94 bits per heavy atom. The zero-order chi connectivity index (χ0) is 25.1. The molecule has 0 spiro atoms. The molecule has 5 aromatic rings. The van der Waals surface area contributed by atoms with Crippen molar-refractivity contribution in [2.24, 2.45) is 5.10 Å². The fourth-order valence-corrected chi connectivity index (χ4v) is 4.36. The van der Waals surface area contributed by atoms with Crippen molar-refractivity contribution in [1.82, 2.24) is 9.99 Å². The van der Waals surface area contributed by atoms with Crippen LogP contribution >= 0.6 is 0 Å². The van der Waals surface area contributed by atoms with Crippen molar-refractivity contribution < 1.29 is 13.9 Å². The average molecular weight is 477 g/mol. The smallest absolute Gasteiger partial charge is 0.307 e. The quantitative estimate of drug-likeness (QED) is 0.238. The van der Waals surface area contributed by atoms with E-state index < -0.39 is 5.91 Å². The Bertz CT molecular complexity index is 1650. The molecule has 7 nitrogen and oxygen atoms in total. The molecule has 0 aliphatic heterocycles. The van der Waals surface area contributed by atoms with E-state index in [1.165, 1.54) is 0 Å². The van der Waals surface area contributed by atoms with E-state index in [9.17, 15) is 10.1 Å². The summed E-state index contributed by atoms with van der Waals surface area (Å²) in [4.78, 5) is 12.7. The second kappa shape index (κ2) is 9.80. The second-order valence-electron chi connectivity index (χ2n) is 8.31. The molecule has 0 radical (unpaired) electrons. The summed E-state index contributed by atoms with van der Waals surface area (Å²) in [6, 6.07) is 25.0. The van der Waals surface area contributed by atoms with Gasteiger partial charge in [-0.15, -0.1) is 0 Å². The summed E-state index contributed by atoms with van der Waals surface area (Å²) in [5.41, 5.74) is 7.66. The predicted octanol–water partition coefficient (Wildman–Crippen LogP) is 5.78. The van der Waals surface area contributed by atoms with Crippen LogP contribution in [0.2, 0.25) is 0 Å². The molecule has 1 amide bonds. The largest absolute Gasteiger partial charge is 0.494 e. The molecule has 36 heavy (non-hydrogen) atoms. The van der Waals surface area contributed by atoms with Crippen molar-refractivity contribution in [2.45, 2.75) is 20.4 Å². The van der Waals surface area contributed by atoms with Crippen LogP contribution in [0, 0.1) is 18.3 Å². The Hall–Kier alpha value is -4.83. The van der Waals surface area contributed by atoms with Gasteiger partial charge in [0.25, 0.3) is 0 Å². The maximum absolute atomic E-state index is 12.7. The number of furan rings is 1. The third kappa shape index (κ3) is 4.32. The van der Waals surface area contributed by atoms with Crippen molar-refractivity contribution >= 4 is 34.0 Å². The van der Waals surface area contributed by atoms with E-state index in [-0.39, 0.29) is 5.76 Å². The zero-order valence-corrected chi connectivity index (χ0v) is 20.0. The van der Waals surface area contributed by atoms with E-state index in [4.69, 9.17) is 9.15 Å². The van der Waals surface area contributed by atoms with Crippen LogP contribution in [-0.4, -0.2) is 23.3 Å². The molecular weight excluding hydrogens is 452 g/mol. The predicted molar refractivity (Wildman–Crippen MR) is 139 cm³/mol. The number of hydrogen-bond acceptors (Lipinski definition) is 5. The Morgan fingerprint density at radius 3 is 2.78 bits per heavy atom. The van der Waals surface area contributed by atoms with Crippen LogP contribution in [0.4, 0.5) is 0 Å². The number of aromatic nitrogens is 1. The third-order valence-corrected chi connectivity index (χ3v) is 6.13. The van der Waals surface area contributed by atoms with Gasteiger partial charge < -0.3 is 13.7 Å². The van der Waals surface area contributed by atoms with Gasteiger partial charge in [0.1, 0.15) is 11.3 Å². The first-order valence-corrected chi connectivity index (χ1v) is 11.6. The molecule has 0 aliphatic rings. The number of hydrazone groups is 1. The highest BCUT2D eigenvalue weighted by atomic mass is 16.5. The summed E-state index contributed by atoms with van der Waals surface area (Å²) in [6.07, 6.45) is 1.65. The number of nitrogens with one attached hydrogen (secondary N) is 1. The molecule has 5 rings (SSSR count). The number of carbonyl (C=O) groups is 1. The third-order valence-electron chi connectivity index (χ3n) is 6.13. The first-order chi connectivity index (χ1) is 17.6. The van der Waals surface area contributed by atoms with E-state index in [1.54, 1.807) is 18.3 Å². The Balaban J connectivity index is 1.40. The maximum Gasteiger partial charge on any atom is 0.307 e. The number of ether oxygens (including phenoxy) is 1. The van der Waals surface area contributed by atoms with Crippen molar-refractivity contribution in [1.29, 1.82) is 5.26 Å². The van der Waals surface area contributed by atoms with E-state index in [0.29, 0.717) is 24.3 Å². The second-order valence-corrected chi connectivity index (χ2v) is 8.31. The summed E-state index contributed by atoms with van der Waals surface area (Å²) < 4.78 is 13.3. The first kappa shape index (κ1) is 22.9. The topological polar surface area (TPSA) is 92.5 Å². The van der Waals surface area contributed by atoms with Crippen molar-refractivity contribution in [3.63, 3.8) is 0 Å². The monoisotopic (exact) mass is 476 g/mol. The Labute approximate surface area is 208 Å². The molecule has 0 fully saturated rings. The molecule has 178 valence electrons. The lowest BCUT2D eigenvalue weighted by Gasteiger charge is -2.10. The first-order valence-electron chi connectivity index (χ1n) is 11.6. The highest BCUT2D eigenvalue weighted by molar-refractivity contribution is 6.02. The number of nitrogens with zero attached hydrogens (tertiary/aromatic N) is 3. The van der Waals surface area contributed by atoms with E-state index in [1.807, 2.05) is 74.5 Å². The number of rotatable bonds is 7. The molecular formula is C29H24N4O3. The van der Waals surface area contributed by atoms with Gasteiger partial charge >= 0.3 is 5.91 Å². The highest BCUT2D eigenvalue weighted by Gasteiger charge is 2.15. The number of carbonyl (C=O) groups excluding carboxylic acids is 1. The molecule has 2 heterocycles. The Kier molecular flexibility index (Phi) is 6.25. The summed E-state index contributed by atoms with van der Waals surface area (Å²) in [6.45, 7) is 5.04. The minimum atomic E-state index is -0.440. The molecule has 0 unspecified atom stereocenters. The van der Waals surface area contributed by atoms with Crippen molar-refractivity contribution in [3.8, 4) is 11.8 Å². The molecule has 0 bridgehead atoms. The number of fused-ring (bicyclic) bond motifs is 2. The van der Waals surface area contributed by atoms with Crippen LogP contribution in [-0.2, 0) is 6.54 Å². The van der Waals surface area contributed by atoms with Gasteiger partial charge in [0.2, 0.25) is 0 Å². The summed E-state index contributed by atoms with van der Waals surface area (Å²) >= 11 is 0. The zero-order valence-electron chi connectivity index (χ0n) is 20.0. The van der Waals surface area contributed by atoms with Crippen LogP contribution in [0.25, 0.3) is 21.9 Å². The summed E-state index contributed by atoms with van der Waals surface area (Å²) in [7, 11) is 0. The van der Waals surface area contributed by atoms with Gasteiger partial charge in [-0.1, -0.05) is 36.4 Å². The fourth-order valence-electron chi connectivity index (χ4n) is 4.36. The molecule has 1 N–H and O–H groups in total. The molecule has 7 heteroatoms. The van der Waals surface area contributed by atoms with E-state index in [0.717, 1.165) is 38.9 Å². The van der Waals surface area contributed by atoms with Crippen LogP contribution in [0.3, 0.4) is 0 Å². The van der Waals surface area contributed by atoms with Gasteiger partial charge in [-0.25, -0.2) is 5.43 Å². The molecule has 0 atom stereocenters. The van der Waals surface area contributed by atoms with Gasteiger partial charge in [0.05, 0.1) is 24.5 Å². The van der Waals surface area contributed by atoms with Crippen LogP contribution in [0.15, 0.2) is 82.3 Å². The number of amides is 1. The number of para-hydroxylation sites is 1. The molecule has 0 saturated carbocycles. The highest BCUT2D eigenvalue weighted by Crippen LogP contribution is 2.27. The minimum Gasteiger partial charge on any atom is -0.494 e. The Morgan fingerprint density at radius 1 is 1.14 bits per heavy atom. The lowest BCUT2D eigenvalue weighted by atomic mass is 10.1. The molecule has 3 aromatic carbocycles. The van der Waals surface area contributed by atoms with Crippen molar-refractivity contribution in [3.05, 3.63) is 101 Å². The van der Waals surface area contributed by atoms with Crippen LogP contribution in [0.5, 0.6) is 5.75 Å². The molecule has 0 saturated heterocycles. The number of benzene rings is 3. The van der Waals surface area contributed by atoms with Crippen LogP contribution < -0.4 is 10.2 Å². The van der Waals surface area contributed by atoms with E-state index >= 15 is 0 Å².